The van der Waals surface area contributed by atoms with E-state index in [0.717, 1.165) is 0 Å². The van der Waals surface area contributed by atoms with Gasteiger partial charge < -0.3 is 21.3 Å². The molecule has 0 saturated heterocycles. The van der Waals surface area contributed by atoms with Gasteiger partial charge in [-0.05, 0) is 13.8 Å². The van der Waals surface area contributed by atoms with Gasteiger partial charge in [0, 0.05) is 6.54 Å². The lowest BCUT2D eigenvalue weighted by Crippen LogP contribution is -2.41. The van der Waals surface area contributed by atoms with Crippen molar-refractivity contribution in [2.75, 3.05) is 6.54 Å². The van der Waals surface area contributed by atoms with Crippen molar-refractivity contribution in [1.82, 2.24) is 5.32 Å². The van der Waals surface area contributed by atoms with Crippen molar-refractivity contribution in [1.29, 1.82) is 0 Å². The van der Waals surface area contributed by atoms with Crippen LogP contribution in [0.25, 0.3) is 0 Å². The topological polar surface area (TPSA) is 95.6 Å². The number of nitrogens with two attached hydrogens (primary N) is 1. The van der Waals surface area contributed by atoms with E-state index in [1.165, 1.54) is 0 Å². The Bertz CT molecular complexity index is 161. The van der Waals surface area contributed by atoms with Gasteiger partial charge in [-0.2, -0.15) is 0 Å². The van der Waals surface area contributed by atoms with Crippen LogP contribution in [-0.2, 0) is 4.79 Å². The van der Waals surface area contributed by atoms with E-state index in [-0.39, 0.29) is 24.9 Å². The van der Waals surface area contributed by atoms with E-state index < -0.39 is 12.2 Å². The van der Waals surface area contributed by atoms with Crippen molar-refractivity contribution >= 4 is 5.91 Å². The zero-order chi connectivity index (χ0) is 10.4. The molecule has 3 atom stereocenters. The molecule has 0 aliphatic heterocycles. The van der Waals surface area contributed by atoms with E-state index in [4.69, 9.17) is 15.9 Å². The maximum atomic E-state index is 11.1. The number of aliphatic hydroxyl groups is 2. The highest BCUT2D eigenvalue weighted by Gasteiger charge is 2.14. The first-order valence-electron chi connectivity index (χ1n) is 4.33. The average molecular weight is 190 g/mol. The summed E-state index contributed by atoms with van der Waals surface area (Å²) in [6.45, 7) is 3.35. The minimum absolute atomic E-state index is 0.0203. The highest BCUT2D eigenvalue weighted by Crippen LogP contribution is 1.94. The molecule has 5 nitrogen and oxygen atoms in total. The second-order valence-electron chi connectivity index (χ2n) is 3.19. The van der Waals surface area contributed by atoms with Gasteiger partial charge in [-0.1, -0.05) is 0 Å². The number of rotatable bonds is 5. The molecule has 5 heteroatoms. The van der Waals surface area contributed by atoms with Crippen LogP contribution >= 0.6 is 0 Å². The van der Waals surface area contributed by atoms with E-state index >= 15 is 0 Å². The monoisotopic (exact) mass is 190 g/mol. The van der Waals surface area contributed by atoms with Crippen LogP contribution in [-0.4, -0.2) is 40.9 Å². The quantitative estimate of drug-likeness (QED) is 0.428. The molecule has 0 aromatic rings. The lowest BCUT2D eigenvalue weighted by Gasteiger charge is -2.17. The average Bonchev–Trinajstić information content (AvgIpc) is 2.03. The van der Waals surface area contributed by atoms with Gasteiger partial charge in [0.25, 0.3) is 0 Å². The van der Waals surface area contributed by atoms with Gasteiger partial charge in [0.1, 0.15) is 0 Å². The van der Waals surface area contributed by atoms with Crippen molar-refractivity contribution in [3.63, 3.8) is 0 Å². The third-order valence-electron chi connectivity index (χ3n) is 1.81. The molecule has 0 aliphatic rings. The summed E-state index contributed by atoms with van der Waals surface area (Å²) in [5, 5.41) is 20.6. The second-order valence-corrected chi connectivity index (χ2v) is 3.19. The summed E-state index contributed by atoms with van der Waals surface area (Å²) in [6.07, 6.45) is -1.42. The molecular formula is C8H18N2O3. The molecule has 1 amide bonds. The van der Waals surface area contributed by atoms with Crippen LogP contribution in [0.4, 0.5) is 0 Å². The van der Waals surface area contributed by atoms with Crippen LogP contribution in [0.15, 0.2) is 0 Å². The molecule has 0 spiro atoms. The molecule has 0 aromatic carbocycles. The molecule has 0 aromatic heterocycles. The molecule has 78 valence electrons. The SMILES string of the molecule is CC(O)C(C)NC(=O)CC(O)CN. The molecule has 0 fully saturated rings. The highest BCUT2D eigenvalue weighted by atomic mass is 16.3. The molecule has 5 N–H and O–H groups in total. The molecular weight excluding hydrogens is 172 g/mol. The Labute approximate surface area is 77.9 Å². The van der Waals surface area contributed by atoms with Crippen LogP contribution < -0.4 is 11.1 Å². The Morgan fingerprint density at radius 2 is 2.00 bits per heavy atom. The summed E-state index contributed by atoms with van der Waals surface area (Å²) in [5.74, 6) is -0.300. The van der Waals surface area contributed by atoms with Gasteiger partial charge >= 0.3 is 0 Å². The number of hydrogen-bond donors (Lipinski definition) is 4. The Morgan fingerprint density at radius 1 is 1.46 bits per heavy atom. The Kier molecular flexibility index (Phi) is 5.61. The van der Waals surface area contributed by atoms with Crippen molar-refractivity contribution in [2.24, 2.45) is 5.73 Å². The molecule has 0 heterocycles. The third kappa shape index (κ3) is 5.57. The summed E-state index contributed by atoms with van der Waals surface area (Å²) in [6, 6.07) is -0.308. The molecule has 0 aliphatic carbocycles. The molecule has 0 bridgehead atoms. The minimum atomic E-state index is -0.804. The third-order valence-corrected chi connectivity index (χ3v) is 1.81. The van der Waals surface area contributed by atoms with E-state index in [0.29, 0.717) is 0 Å². The number of amides is 1. The van der Waals surface area contributed by atoms with Crippen LogP contribution in [0.1, 0.15) is 20.3 Å². The van der Waals surface area contributed by atoms with E-state index in [1.54, 1.807) is 13.8 Å². The normalized spacial score (nSPS) is 17.6. The van der Waals surface area contributed by atoms with Gasteiger partial charge in [-0.3, -0.25) is 4.79 Å². The van der Waals surface area contributed by atoms with Gasteiger partial charge in [-0.15, -0.1) is 0 Å². The van der Waals surface area contributed by atoms with Crippen LogP contribution in [0, 0.1) is 0 Å². The van der Waals surface area contributed by atoms with Crippen molar-refractivity contribution in [3.8, 4) is 0 Å². The minimum Gasteiger partial charge on any atom is -0.391 e. The van der Waals surface area contributed by atoms with Gasteiger partial charge in [0.05, 0.1) is 24.7 Å². The largest absolute Gasteiger partial charge is 0.391 e. The molecule has 13 heavy (non-hydrogen) atoms. The van der Waals surface area contributed by atoms with E-state index in [2.05, 4.69) is 5.32 Å². The first-order valence-corrected chi connectivity index (χ1v) is 4.33. The van der Waals surface area contributed by atoms with Crippen molar-refractivity contribution in [3.05, 3.63) is 0 Å². The lowest BCUT2D eigenvalue weighted by molar-refractivity contribution is -0.124. The van der Waals surface area contributed by atoms with Gasteiger partial charge in [-0.25, -0.2) is 0 Å². The zero-order valence-electron chi connectivity index (χ0n) is 8.03. The van der Waals surface area contributed by atoms with Crippen LogP contribution in [0.5, 0.6) is 0 Å². The fourth-order valence-corrected chi connectivity index (χ4v) is 0.731. The number of aliphatic hydroxyl groups excluding tert-OH is 2. The standard InChI is InChI=1S/C8H18N2O3/c1-5(6(2)11)10-8(13)3-7(12)4-9/h5-7,11-12H,3-4,9H2,1-2H3,(H,10,13). The molecule has 0 saturated carbocycles. The fourth-order valence-electron chi connectivity index (χ4n) is 0.731. The fraction of sp³-hybridized carbons (Fsp3) is 0.875. The number of nitrogens with one attached hydrogen (secondary N) is 1. The zero-order valence-corrected chi connectivity index (χ0v) is 8.03. The molecule has 3 unspecified atom stereocenters. The summed E-state index contributed by atoms with van der Waals surface area (Å²) in [5.41, 5.74) is 5.13. The maximum absolute atomic E-state index is 11.1. The predicted molar refractivity (Wildman–Crippen MR) is 49.0 cm³/mol. The first-order chi connectivity index (χ1) is 5.97. The van der Waals surface area contributed by atoms with E-state index in [1.807, 2.05) is 0 Å². The van der Waals surface area contributed by atoms with Crippen LogP contribution in [0.2, 0.25) is 0 Å². The van der Waals surface area contributed by atoms with Crippen molar-refractivity contribution in [2.45, 2.75) is 38.5 Å². The first kappa shape index (κ1) is 12.3. The highest BCUT2D eigenvalue weighted by molar-refractivity contribution is 5.76. The number of carbonyl (C=O) groups excluding carboxylic acids is 1. The smallest absolute Gasteiger partial charge is 0.222 e. The summed E-state index contributed by atoms with van der Waals surface area (Å²) in [7, 11) is 0. The maximum Gasteiger partial charge on any atom is 0.222 e. The molecule has 0 radical (unpaired) electrons. The van der Waals surface area contributed by atoms with E-state index in [9.17, 15) is 4.79 Å². The van der Waals surface area contributed by atoms with Crippen molar-refractivity contribution < 1.29 is 15.0 Å². The second kappa shape index (κ2) is 5.90. The number of hydrogen-bond acceptors (Lipinski definition) is 4. The van der Waals surface area contributed by atoms with Gasteiger partial charge in [0.2, 0.25) is 5.91 Å². The van der Waals surface area contributed by atoms with Gasteiger partial charge in [0.15, 0.2) is 0 Å². The summed E-state index contributed by atoms with van der Waals surface area (Å²) in [4.78, 5) is 11.1. The number of carbonyl (C=O) groups is 1. The Balaban J connectivity index is 3.74. The molecule has 0 rings (SSSR count). The summed E-state index contributed by atoms with van der Waals surface area (Å²) < 4.78 is 0. The predicted octanol–water partition coefficient (Wildman–Crippen LogP) is -1.42. The summed E-state index contributed by atoms with van der Waals surface area (Å²) >= 11 is 0. The Morgan fingerprint density at radius 3 is 2.38 bits per heavy atom. The Hall–Kier alpha value is -0.650. The lowest BCUT2D eigenvalue weighted by atomic mass is 10.2. The van der Waals surface area contributed by atoms with Crippen LogP contribution in [0.3, 0.4) is 0 Å².